The van der Waals surface area contributed by atoms with Gasteiger partial charge in [0.25, 0.3) is 0 Å². The quantitative estimate of drug-likeness (QED) is 0.763. The van der Waals surface area contributed by atoms with Gasteiger partial charge in [0.1, 0.15) is 22.5 Å². The largest absolute Gasteiger partial charge is 0.494 e. The molecule has 1 saturated carbocycles. The van der Waals surface area contributed by atoms with Gasteiger partial charge in [0.05, 0.1) is 6.61 Å². The van der Waals surface area contributed by atoms with Gasteiger partial charge in [-0.15, -0.1) is 0 Å². The van der Waals surface area contributed by atoms with Crippen molar-refractivity contribution in [3.63, 3.8) is 0 Å². The van der Waals surface area contributed by atoms with Crippen LogP contribution in [0.1, 0.15) is 37.1 Å². The Kier molecular flexibility index (Phi) is 3.97. The molecule has 1 aliphatic rings. The maximum atomic E-state index is 6.18. The highest BCUT2D eigenvalue weighted by Gasteiger charge is 2.28. The maximum Gasteiger partial charge on any atom is 0.227 e. The van der Waals surface area contributed by atoms with Gasteiger partial charge in [0.15, 0.2) is 0 Å². The molecule has 2 aromatic rings. The van der Waals surface area contributed by atoms with Gasteiger partial charge >= 0.3 is 0 Å². The Bertz CT molecular complexity index is 657. The van der Waals surface area contributed by atoms with E-state index in [1.165, 1.54) is 0 Å². The molecule has 1 aliphatic carbocycles. The molecule has 3 rings (SSSR count). The van der Waals surface area contributed by atoms with Crippen molar-refractivity contribution in [3.05, 3.63) is 40.8 Å². The van der Waals surface area contributed by atoms with Crippen LogP contribution >= 0.6 is 11.6 Å². The summed E-state index contributed by atoms with van der Waals surface area (Å²) in [6.45, 7) is 4.43. The molecule has 0 atom stereocenters. The fraction of sp³-hybridized carbons (Fsp3) is 0.375. The molecule has 0 spiro atoms. The monoisotopic (exact) mass is 304 g/mol. The molecule has 0 amide bonds. The first kappa shape index (κ1) is 14.1. The maximum absolute atomic E-state index is 6.18. The summed E-state index contributed by atoms with van der Waals surface area (Å²) in [4.78, 5) is 8.84. The Morgan fingerprint density at radius 2 is 2.00 bits per heavy atom. The average Bonchev–Trinajstić information content (AvgIpc) is 3.29. The Morgan fingerprint density at radius 3 is 2.71 bits per heavy atom. The van der Waals surface area contributed by atoms with Crippen LogP contribution in [0.15, 0.2) is 24.3 Å². The number of benzene rings is 1. The van der Waals surface area contributed by atoms with E-state index in [0.29, 0.717) is 29.3 Å². The summed E-state index contributed by atoms with van der Waals surface area (Å²) in [6, 6.07) is 7.50. The Labute approximate surface area is 129 Å². The smallest absolute Gasteiger partial charge is 0.227 e. The molecule has 0 unspecified atom stereocenters. The van der Waals surface area contributed by atoms with Crippen LogP contribution < -0.4 is 9.47 Å². The predicted molar refractivity (Wildman–Crippen MR) is 81.4 cm³/mol. The number of aromatic nitrogens is 2. The van der Waals surface area contributed by atoms with Crippen molar-refractivity contribution < 1.29 is 9.47 Å². The van der Waals surface area contributed by atoms with E-state index in [1.54, 1.807) is 0 Å². The van der Waals surface area contributed by atoms with Crippen molar-refractivity contribution in [1.29, 1.82) is 0 Å². The standard InChI is InChI=1S/C16H17ClN2O2/c1-3-20-12-5-4-6-13(9-12)21-16-10(2)14(17)18-15(19-16)11-7-8-11/h4-6,9,11H,3,7-8H2,1-2H3. The van der Waals surface area contributed by atoms with E-state index < -0.39 is 0 Å². The normalized spacial score (nSPS) is 14.0. The zero-order valence-electron chi connectivity index (χ0n) is 12.1. The van der Waals surface area contributed by atoms with Crippen LogP contribution in [0.4, 0.5) is 0 Å². The summed E-state index contributed by atoms with van der Waals surface area (Å²) >= 11 is 6.18. The first-order valence-electron chi connectivity index (χ1n) is 7.12. The van der Waals surface area contributed by atoms with Gasteiger partial charge in [0, 0.05) is 17.5 Å². The third kappa shape index (κ3) is 3.27. The molecule has 0 radical (unpaired) electrons. The zero-order chi connectivity index (χ0) is 14.8. The number of hydrogen-bond donors (Lipinski definition) is 0. The summed E-state index contributed by atoms with van der Waals surface area (Å²) in [5.41, 5.74) is 0.753. The first-order valence-corrected chi connectivity index (χ1v) is 7.50. The minimum Gasteiger partial charge on any atom is -0.494 e. The summed E-state index contributed by atoms with van der Waals surface area (Å²) in [5, 5.41) is 0.461. The van der Waals surface area contributed by atoms with Crippen LogP contribution in [0.3, 0.4) is 0 Å². The predicted octanol–water partition coefficient (Wildman–Crippen LogP) is 4.51. The fourth-order valence-corrected chi connectivity index (χ4v) is 2.18. The average molecular weight is 305 g/mol. The molecule has 21 heavy (non-hydrogen) atoms. The third-order valence-corrected chi connectivity index (χ3v) is 3.70. The number of nitrogens with zero attached hydrogens (tertiary/aromatic N) is 2. The highest BCUT2D eigenvalue weighted by Crippen LogP contribution is 2.40. The van der Waals surface area contributed by atoms with Crippen LogP contribution in [-0.2, 0) is 0 Å². The van der Waals surface area contributed by atoms with E-state index in [-0.39, 0.29) is 0 Å². The number of rotatable bonds is 5. The van der Waals surface area contributed by atoms with Crippen LogP contribution in [0.5, 0.6) is 17.4 Å². The lowest BCUT2D eigenvalue weighted by atomic mass is 10.3. The van der Waals surface area contributed by atoms with E-state index in [0.717, 1.165) is 30.0 Å². The zero-order valence-corrected chi connectivity index (χ0v) is 12.9. The molecule has 1 heterocycles. The molecule has 4 nitrogen and oxygen atoms in total. The molecular weight excluding hydrogens is 288 g/mol. The Morgan fingerprint density at radius 1 is 1.24 bits per heavy atom. The third-order valence-electron chi connectivity index (χ3n) is 3.33. The van der Waals surface area contributed by atoms with E-state index >= 15 is 0 Å². The molecule has 5 heteroatoms. The molecular formula is C16H17ClN2O2. The summed E-state index contributed by atoms with van der Waals surface area (Å²) in [6.07, 6.45) is 2.25. The second-order valence-electron chi connectivity index (χ2n) is 5.09. The van der Waals surface area contributed by atoms with E-state index in [1.807, 2.05) is 38.1 Å². The number of ether oxygens (including phenoxy) is 2. The summed E-state index contributed by atoms with van der Waals surface area (Å²) < 4.78 is 11.4. The van der Waals surface area contributed by atoms with Crippen molar-refractivity contribution in [2.75, 3.05) is 6.61 Å². The lowest BCUT2D eigenvalue weighted by molar-refractivity contribution is 0.337. The second kappa shape index (κ2) is 5.90. The van der Waals surface area contributed by atoms with Gasteiger partial charge in [-0.05, 0) is 38.8 Å². The van der Waals surface area contributed by atoms with E-state index in [9.17, 15) is 0 Å². The van der Waals surface area contributed by atoms with Crippen LogP contribution in [0.25, 0.3) is 0 Å². The lowest BCUT2D eigenvalue weighted by Gasteiger charge is -2.11. The van der Waals surface area contributed by atoms with Crippen molar-refractivity contribution >= 4 is 11.6 Å². The topological polar surface area (TPSA) is 44.2 Å². The molecule has 110 valence electrons. The Balaban J connectivity index is 1.88. The molecule has 0 bridgehead atoms. The molecule has 0 N–H and O–H groups in total. The number of hydrogen-bond acceptors (Lipinski definition) is 4. The van der Waals surface area contributed by atoms with Gasteiger partial charge in [0.2, 0.25) is 5.88 Å². The minimum atomic E-state index is 0.431. The van der Waals surface area contributed by atoms with Crippen LogP contribution in [-0.4, -0.2) is 16.6 Å². The molecule has 1 aromatic carbocycles. The van der Waals surface area contributed by atoms with Crippen LogP contribution in [0.2, 0.25) is 5.15 Å². The van der Waals surface area contributed by atoms with Gasteiger partial charge in [-0.3, -0.25) is 0 Å². The molecule has 0 aliphatic heterocycles. The first-order chi connectivity index (χ1) is 10.2. The van der Waals surface area contributed by atoms with E-state index in [2.05, 4.69) is 9.97 Å². The van der Waals surface area contributed by atoms with E-state index in [4.69, 9.17) is 21.1 Å². The summed E-state index contributed by atoms with van der Waals surface area (Å²) in [7, 11) is 0. The van der Waals surface area contributed by atoms with Crippen molar-refractivity contribution in [2.45, 2.75) is 32.6 Å². The van der Waals surface area contributed by atoms with Crippen molar-refractivity contribution in [3.8, 4) is 17.4 Å². The van der Waals surface area contributed by atoms with Crippen LogP contribution in [0, 0.1) is 6.92 Å². The van der Waals surface area contributed by atoms with Gasteiger partial charge in [-0.2, -0.15) is 4.98 Å². The molecule has 0 saturated heterocycles. The molecule has 1 aromatic heterocycles. The van der Waals surface area contributed by atoms with Crippen molar-refractivity contribution in [1.82, 2.24) is 9.97 Å². The van der Waals surface area contributed by atoms with Gasteiger partial charge in [-0.1, -0.05) is 17.7 Å². The Hall–Kier alpha value is -1.81. The van der Waals surface area contributed by atoms with Gasteiger partial charge < -0.3 is 9.47 Å². The van der Waals surface area contributed by atoms with Crippen molar-refractivity contribution in [2.24, 2.45) is 0 Å². The fourth-order valence-electron chi connectivity index (χ4n) is 2.01. The highest BCUT2D eigenvalue weighted by atomic mass is 35.5. The lowest BCUT2D eigenvalue weighted by Crippen LogP contribution is -2.00. The second-order valence-corrected chi connectivity index (χ2v) is 5.44. The minimum absolute atomic E-state index is 0.431. The SMILES string of the molecule is CCOc1cccc(Oc2nc(C3CC3)nc(Cl)c2C)c1. The number of halogens is 1. The summed E-state index contributed by atoms with van der Waals surface area (Å²) in [5.74, 6) is 3.18. The highest BCUT2D eigenvalue weighted by molar-refractivity contribution is 6.30. The molecule has 1 fully saturated rings. The van der Waals surface area contributed by atoms with Gasteiger partial charge in [-0.25, -0.2) is 4.98 Å².